The number of thiazole rings is 1. The zero-order valence-electron chi connectivity index (χ0n) is 12.3. The Morgan fingerprint density at radius 1 is 0.917 bits per heavy atom. The molecule has 1 aliphatic rings. The molecule has 0 atom stereocenters. The average Bonchev–Trinajstić information content (AvgIpc) is 3.14. The first-order valence-corrected chi connectivity index (χ1v) is 8.11. The third-order valence-electron chi connectivity index (χ3n) is 3.85. The standard InChI is InChI=1S/C18H10N2O3S/c21-16-11-3-1-2-4-12(11)17(22)14-7-10(5-6-13(14)16)20-18(23)15-8-24-9-19-15/h1-9H,(H,20,23). The number of carbonyl (C=O) groups excluding carboxylic acids is 3. The van der Waals surface area contributed by atoms with Gasteiger partial charge < -0.3 is 5.32 Å². The van der Waals surface area contributed by atoms with Crippen LogP contribution in [0.5, 0.6) is 0 Å². The Bertz CT molecular complexity index is 993. The van der Waals surface area contributed by atoms with E-state index in [4.69, 9.17) is 0 Å². The smallest absolute Gasteiger partial charge is 0.275 e. The summed E-state index contributed by atoms with van der Waals surface area (Å²) in [4.78, 5) is 41.2. The molecular weight excluding hydrogens is 324 g/mol. The lowest BCUT2D eigenvalue weighted by atomic mass is 9.84. The van der Waals surface area contributed by atoms with Crippen LogP contribution in [0.1, 0.15) is 42.3 Å². The van der Waals surface area contributed by atoms with E-state index in [1.54, 1.807) is 47.3 Å². The number of ketones is 2. The molecule has 4 rings (SSSR count). The van der Waals surface area contributed by atoms with Crippen molar-refractivity contribution in [2.24, 2.45) is 0 Å². The number of benzene rings is 2. The number of hydrogen-bond donors (Lipinski definition) is 1. The number of aromatic nitrogens is 1. The largest absolute Gasteiger partial charge is 0.321 e. The zero-order valence-corrected chi connectivity index (χ0v) is 13.1. The van der Waals surface area contributed by atoms with Crippen molar-refractivity contribution >= 4 is 34.5 Å². The van der Waals surface area contributed by atoms with Crippen molar-refractivity contribution in [1.82, 2.24) is 4.98 Å². The van der Waals surface area contributed by atoms with Gasteiger partial charge in [-0.2, -0.15) is 0 Å². The van der Waals surface area contributed by atoms with Gasteiger partial charge in [0.2, 0.25) is 0 Å². The van der Waals surface area contributed by atoms with Gasteiger partial charge in [-0.15, -0.1) is 11.3 Å². The van der Waals surface area contributed by atoms with Crippen molar-refractivity contribution in [2.75, 3.05) is 5.32 Å². The molecule has 0 spiro atoms. The number of nitrogens with zero attached hydrogens (tertiary/aromatic N) is 1. The molecule has 1 amide bonds. The van der Waals surface area contributed by atoms with Gasteiger partial charge >= 0.3 is 0 Å². The van der Waals surface area contributed by atoms with Gasteiger partial charge in [0.05, 0.1) is 5.51 Å². The molecule has 24 heavy (non-hydrogen) atoms. The average molecular weight is 334 g/mol. The maximum atomic E-state index is 12.6. The first-order chi connectivity index (χ1) is 11.6. The molecular formula is C18H10N2O3S. The van der Waals surface area contributed by atoms with Gasteiger partial charge in [0.15, 0.2) is 11.6 Å². The number of rotatable bonds is 2. The van der Waals surface area contributed by atoms with Gasteiger partial charge in [-0.25, -0.2) is 4.98 Å². The number of fused-ring (bicyclic) bond motifs is 2. The molecule has 0 aliphatic heterocycles. The van der Waals surface area contributed by atoms with Crippen molar-refractivity contribution < 1.29 is 14.4 Å². The molecule has 0 unspecified atom stereocenters. The number of hydrogen-bond acceptors (Lipinski definition) is 5. The first-order valence-electron chi connectivity index (χ1n) is 7.17. The maximum absolute atomic E-state index is 12.6. The summed E-state index contributed by atoms with van der Waals surface area (Å²) in [5.41, 5.74) is 3.78. The Morgan fingerprint density at radius 3 is 2.25 bits per heavy atom. The first kappa shape index (κ1) is 14.5. The highest BCUT2D eigenvalue weighted by molar-refractivity contribution is 7.07. The van der Waals surface area contributed by atoms with Crippen LogP contribution in [0, 0.1) is 0 Å². The molecule has 0 radical (unpaired) electrons. The second kappa shape index (κ2) is 5.50. The van der Waals surface area contributed by atoms with Crippen LogP contribution in [0.2, 0.25) is 0 Å². The molecule has 3 aromatic rings. The number of carbonyl (C=O) groups is 3. The van der Waals surface area contributed by atoms with Crippen LogP contribution < -0.4 is 5.32 Å². The van der Waals surface area contributed by atoms with Crippen LogP contribution in [0.4, 0.5) is 5.69 Å². The van der Waals surface area contributed by atoms with Crippen LogP contribution in [-0.4, -0.2) is 22.5 Å². The van der Waals surface area contributed by atoms with Gasteiger partial charge in [-0.1, -0.05) is 24.3 Å². The molecule has 0 bridgehead atoms. The minimum atomic E-state index is -0.355. The predicted octanol–water partition coefficient (Wildman–Crippen LogP) is 3.17. The summed E-state index contributed by atoms with van der Waals surface area (Å²) in [6, 6.07) is 11.5. The van der Waals surface area contributed by atoms with E-state index in [0.29, 0.717) is 33.6 Å². The quantitative estimate of drug-likeness (QED) is 0.611. The van der Waals surface area contributed by atoms with Crippen LogP contribution >= 0.6 is 11.3 Å². The molecule has 1 aromatic heterocycles. The molecule has 0 saturated carbocycles. The van der Waals surface area contributed by atoms with Crippen molar-refractivity contribution in [3.05, 3.63) is 81.3 Å². The Balaban J connectivity index is 1.72. The summed E-state index contributed by atoms with van der Waals surface area (Å²) < 4.78 is 0. The minimum absolute atomic E-state index is 0.183. The molecule has 1 heterocycles. The van der Waals surface area contributed by atoms with E-state index in [-0.39, 0.29) is 17.5 Å². The molecule has 5 nitrogen and oxygen atoms in total. The molecule has 0 fully saturated rings. The van der Waals surface area contributed by atoms with E-state index < -0.39 is 0 Å². The predicted molar refractivity (Wildman–Crippen MR) is 89.8 cm³/mol. The van der Waals surface area contributed by atoms with Crippen molar-refractivity contribution in [3.8, 4) is 0 Å². The molecule has 0 saturated heterocycles. The summed E-state index contributed by atoms with van der Waals surface area (Å²) in [5.74, 6) is -0.756. The Morgan fingerprint density at radius 2 is 1.58 bits per heavy atom. The van der Waals surface area contributed by atoms with E-state index in [0.717, 1.165) is 0 Å². The third kappa shape index (κ3) is 2.24. The normalized spacial score (nSPS) is 12.5. The molecule has 2 aromatic carbocycles. The number of nitrogens with one attached hydrogen (secondary N) is 1. The van der Waals surface area contributed by atoms with Gasteiger partial charge in [0.25, 0.3) is 5.91 Å². The highest BCUT2D eigenvalue weighted by Crippen LogP contribution is 2.29. The monoisotopic (exact) mass is 334 g/mol. The van der Waals surface area contributed by atoms with Crippen LogP contribution in [-0.2, 0) is 0 Å². The van der Waals surface area contributed by atoms with Crippen LogP contribution in [0.3, 0.4) is 0 Å². The minimum Gasteiger partial charge on any atom is -0.321 e. The van der Waals surface area contributed by atoms with Gasteiger partial charge in [0, 0.05) is 33.3 Å². The molecule has 1 aliphatic carbocycles. The maximum Gasteiger partial charge on any atom is 0.275 e. The summed E-state index contributed by atoms with van der Waals surface area (Å²) in [6.07, 6.45) is 0. The SMILES string of the molecule is O=C(Nc1ccc2c(c1)C(=O)c1ccccc1C2=O)c1cscn1. The second-order valence-corrected chi connectivity index (χ2v) is 6.01. The van der Waals surface area contributed by atoms with Gasteiger partial charge in [-0.05, 0) is 18.2 Å². The van der Waals surface area contributed by atoms with E-state index in [1.165, 1.54) is 17.4 Å². The van der Waals surface area contributed by atoms with Crippen molar-refractivity contribution in [1.29, 1.82) is 0 Å². The van der Waals surface area contributed by atoms with E-state index in [1.807, 2.05) is 0 Å². The fraction of sp³-hybridized carbons (Fsp3) is 0. The lowest BCUT2D eigenvalue weighted by Gasteiger charge is -2.18. The molecule has 6 heteroatoms. The number of anilines is 1. The topological polar surface area (TPSA) is 76.1 Å². The summed E-state index contributed by atoms with van der Waals surface area (Å²) in [7, 11) is 0. The Hall–Kier alpha value is -3.12. The van der Waals surface area contributed by atoms with Crippen molar-refractivity contribution in [2.45, 2.75) is 0 Å². The van der Waals surface area contributed by atoms with E-state index in [2.05, 4.69) is 10.3 Å². The summed E-state index contributed by atoms with van der Waals surface area (Å²) >= 11 is 1.32. The Kier molecular flexibility index (Phi) is 3.32. The Labute approximate surface area is 141 Å². The molecule has 116 valence electrons. The highest BCUT2D eigenvalue weighted by Gasteiger charge is 2.29. The number of amides is 1. The second-order valence-electron chi connectivity index (χ2n) is 5.29. The van der Waals surface area contributed by atoms with Crippen LogP contribution in [0.15, 0.2) is 53.4 Å². The lowest BCUT2D eigenvalue weighted by molar-refractivity contribution is 0.0979. The van der Waals surface area contributed by atoms with Gasteiger partial charge in [-0.3, -0.25) is 14.4 Å². The van der Waals surface area contributed by atoms with E-state index in [9.17, 15) is 14.4 Å². The fourth-order valence-electron chi connectivity index (χ4n) is 2.70. The lowest BCUT2D eigenvalue weighted by Crippen LogP contribution is -2.21. The highest BCUT2D eigenvalue weighted by atomic mass is 32.1. The van der Waals surface area contributed by atoms with Crippen molar-refractivity contribution in [3.63, 3.8) is 0 Å². The van der Waals surface area contributed by atoms with E-state index >= 15 is 0 Å². The zero-order chi connectivity index (χ0) is 16.7. The summed E-state index contributed by atoms with van der Waals surface area (Å²) in [5, 5.41) is 4.33. The third-order valence-corrected chi connectivity index (χ3v) is 4.43. The van der Waals surface area contributed by atoms with Crippen LogP contribution in [0.25, 0.3) is 0 Å². The van der Waals surface area contributed by atoms with Gasteiger partial charge in [0.1, 0.15) is 5.69 Å². The molecule has 1 N–H and O–H groups in total. The fourth-order valence-corrected chi connectivity index (χ4v) is 3.23. The summed E-state index contributed by atoms with van der Waals surface area (Å²) in [6.45, 7) is 0.